The van der Waals surface area contributed by atoms with Crippen molar-refractivity contribution in [1.29, 1.82) is 0 Å². The Morgan fingerprint density at radius 3 is 2.30 bits per heavy atom. The van der Waals surface area contributed by atoms with Gasteiger partial charge in [-0.3, -0.25) is 0 Å². The predicted octanol–water partition coefficient (Wildman–Crippen LogP) is 0.437. The Balaban J connectivity index is 4.11. The molecule has 0 saturated heterocycles. The molecule has 0 heterocycles. The Hall–Kier alpha value is -1.24. The summed E-state index contributed by atoms with van der Waals surface area (Å²) in [6.45, 7) is 3.53. The molecule has 4 heteroatoms. The fourth-order valence-corrected chi connectivity index (χ4v) is 0.385. The van der Waals surface area contributed by atoms with E-state index in [9.17, 15) is 9.59 Å². The van der Waals surface area contributed by atoms with E-state index >= 15 is 0 Å². The van der Waals surface area contributed by atoms with Crippen molar-refractivity contribution >= 4 is 12.2 Å². The average molecular weight is 140 g/mol. The lowest BCUT2D eigenvalue weighted by molar-refractivity contribution is 0.507. The van der Waals surface area contributed by atoms with Gasteiger partial charge in [0.2, 0.25) is 12.2 Å². The highest BCUT2D eigenvalue weighted by molar-refractivity contribution is 5.36. The molecule has 0 radical (unpaired) electrons. The molecular weight excluding hydrogens is 132 g/mol. The minimum absolute atomic E-state index is 0.172. The van der Waals surface area contributed by atoms with Gasteiger partial charge in [0.25, 0.3) is 0 Å². The molecule has 0 aromatic rings. The molecular formula is C6H8N2O2. The first kappa shape index (κ1) is 8.76. The Bertz CT molecular complexity index is 198. The van der Waals surface area contributed by atoms with Gasteiger partial charge < -0.3 is 0 Å². The van der Waals surface area contributed by atoms with Crippen LogP contribution in [-0.2, 0) is 9.59 Å². The summed E-state index contributed by atoms with van der Waals surface area (Å²) >= 11 is 0. The van der Waals surface area contributed by atoms with Crippen LogP contribution in [0.15, 0.2) is 9.98 Å². The van der Waals surface area contributed by atoms with Crippen LogP contribution in [0.5, 0.6) is 0 Å². The fourth-order valence-electron chi connectivity index (χ4n) is 0.385. The second kappa shape index (κ2) is 3.72. The van der Waals surface area contributed by atoms with E-state index in [2.05, 4.69) is 9.98 Å². The van der Waals surface area contributed by atoms with E-state index in [0.717, 1.165) is 0 Å². The van der Waals surface area contributed by atoms with Gasteiger partial charge in [-0.15, -0.1) is 0 Å². The van der Waals surface area contributed by atoms with Crippen LogP contribution in [0, 0.1) is 0 Å². The van der Waals surface area contributed by atoms with Crippen molar-refractivity contribution in [2.75, 3.05) is 6.54 Å². The van der Waals surface area contributed by atoms with Gasteiger partial charge in [0.05, 0.1) is 12.1 Å². The maximum Gasteiger partial charge on any atom is 0.235 e. The highest BCUT2D eigenvalue weighted by Gasteiger charge is 2.14. The zero-order valence-electron chi connectivity index (χ0n) is 5.92. The normalized spacial score (nSPS) is 9.40. The van der Waals surface area contributed by atoms with Crippen molar-refractivity contribution in [3.63, 3.8) is 0 Å². The quantitative estimate of drug-likeness (QED) is 0.421. The third kappa shape index (κ3) is 3.72. The summed E-state index contributed by atoms with van der Waals surface area (Å²) in [6, 6.07) is 0. The second-order valence-electron chi connectivity index (χ2n) is 2.42. The molecule has 4 nitrogen and oxygen atoms in total. The van der Waals surface area contributed by atoms with Crippen molar-refractivity contribution in [3.8, 4) is 0 Å². The molecule has 0 atom stereocenters. The fraction of sp³-hybridized carbons (Fsp3) is 0.667. The van der Waals surface area contributed by atoms with Gasteiger partial charge in [0.1, 0.15) is 0 Å². The first-order valence-electron chi connectivity index (χ1n) is 2.75. The van der Waals surface area contributed by atoms with Crippen LogP contribution in [0.1, 0.15) is 13.8 Å². The number of rotatable bonds is 3. The van der Waals surface area contributed by atoms with Crippen LogP contribution in [0.25, 0.3) is 0 Å². The van der Waals surface area contributed by atoms with Crippen molar-refractivity contribution in [1.82, 2.24) is 0 Å². The van der Waals surface area contributed by atoms with E-state index in [-0.39, 0.29) is 6.54 Å². The second-order valence-corrected chi connectivity index (χ2v) is 2.42. The summed E-state index contributed by atoms with van der Waals surface area (Å²) in [6.07, 6.45) is 2.77. The van der Waals surface area contributed by atoms with E-state index in [0.29, 0.717) is 0 Å². The molecule has 0 fully saturated rings. The summed E-state index contributed by atoms with van der Waals surface area (Å²) in [7, 11) is 0. The Morgan fingerprint density at radius 1 is 1.30 bits per heavy atom. The largest absolute Gasteiger partial charge is 0.235 e. The maximum absolute atomic E-state index is 9.75. The number of nitrogens with zero attached hydrogens (tertiary/aromatic N) is 2. The monoisotopic (exact) mass is 140 g/mol. The van der Waals surface area contributed by atoms with Crippen molar-refractivity contribution in [2.24, 2.45) is 9.98 Å². The third-order valence-electron chi connectivity index (χ3n) is 0.879. The smallest absolute Gasteiger partial charge is 0.211 e. The number of carbonyl (C=O) groups excluding carboxylic acids is 2. The van der Waals surface area contributed by atoms with E-state index < -0.39 is 5.54 Å². The minimum Gasteiger partial charge on any atom is -0.211 e. The van der Waals surface area contributed by atoms with E-state index in [1.54, 1.807) is 13.8 Å². The zero-order chi connectivity index (χ0) is 8.04. The molecule has 0 rings (SSSR count). The molecule has 0 unspecified atom stereocenters. The molecule has 0 spiro atoms. The van der Waals surface area contributed by atoms with E-state index in [1.807, 2.05) is 0 Å². The SMILES string of the molecule is CC(C)(CN=C=O)N=C=O. The van der Waals surface area contributed by atoms with E-state index in [4.69, 9.17) is 0 Å². The minimum atomic E-state index is -0.626. The molecule has 0 aromatic carbocycles. The Labute approximate surface area is 58.7 Å². The van der Waals surface area contributed by atoms with Gasteiger partial charge in [-0.2, -0.15) is 4.99 Å². The molecule has 0 saturated carbocycles. The highest BCUT2D eigenvalue weighted by atomic mass is 16.1. The highest BCUT2D eigenvalue weighted by Crippen LogP contribution is 2.06. The molecule has 54 valence electrons. The third-order valence-corrected chi connectivity index (χ3v) is 0.879. The van der Waals surface area contributed by atoms with Crippen molar-refractivity contribution < 1.29 is 9.59 Å². The zero-order valence-corrected chi connectivity index (χ0v) is 5.92. The van der Waals surface area contributed by atoms with Gasteiger partial charge in [-0.25, -0.2) is 14.6 Å². The number of hydrogen-bond donors (Lipinski definition) is 0. The average Bonchev–Trinajstić information content (AvgIpc) is 1.84. The standard InChI is InChI=1S/C6H8N2O2/c1-6(2,8-5-10)3-7-4-9/h3H2,1-2H3. The van der Waals surface area contributed by atoms with Crippen LogP contribution in [0.2, 0.25) is 0 Å². The van der Waals surface area contributed by atoms with Crippen LogP contribution < -0.4 is 0 Å². The summed E-state index contributed by atoms with van der Waals surface area (Å²) in [4.78, 5) is 26.1. The van der Waals surface area contributed by atoms with Crippen LogP contribution in [0.4, 0.5) is 0 Å². The Kier molecular flexibility index (Phi) is 3.26. The topological polar surface area (TPSA) is 58.9 Å². The van der Waals surface area contributed by atoms with Crippen molar-refractivity contribution in [3.05, 3.63) is 0 Å². The summed E-state index contributed by atoms with van der Waals surface area (Å²) in [5, 5.41) is 0. The molecule has 0 amide bonds. The molecule has 10 heavy (non-hydrogen) atoms. The number of aliphatic imine (C=N–C) groups is 2. The van der Waals surface area contributed by atoms with Gasteiger partial charge >= 0.3 is 0 Å². The molecule has 0 bridgehead atoms. The summed E-state index contributed by atoms with van der Waals surface area (Å²) in [5.74, 6) is 0. The van der Waals surface area contributed by atoms with Gasteiger partial charge in [-0.05, 0) is 13.8 Å². The maximum atomic E-state index is 9.75. The molecule has 0 aliphatic heterocycles. The van der Waals surface area contributed by atoms with Gasteiger partial charge in [0, 0.05) is 0 Å². The first-order valence-corrected chi connectivity index (χ1v) is 2.75. The van der Waals surface area contributed by atoms with Crippen LogP contribution in [0.3, 0.4) is 0 Å². The number of hydrogen-bond acceptors (Lipinski definition) is 4. The molecule has 0 N–H and O–H groups in total. The van der Waals surface area contributed by atoms with Crippen molar-refractivity contribution in [2.45, 2.75) is 19.4 Å². The number of isocyanates is 2. The van der Waals surface area contributed by atoms with Crippen LogP contribution >= 0.6 is 0 Å². The van der Waals surface area contributed by atoms with Gasteiger partial charge in [0.15, 0.2) is 0 Å². The summed E-state index contributed by atoms with van der Waals surface area (Å²) < 4.78 is 0. The van der Waals surface area contributed by atoms with Crippen LogP contribution in [-0.4, -0.2) is 24.2 Å². The lowest BCUT2D eigenvalue weighted by Gasteiger charge is -2.11. The molecule has 0 aliphatic rings. The summed E-state index contributed by atoms with van der Waals surface area (Å²) in [5.41, 5.74) is -0.626. The molecule has 0 aliphatic carbocycles. The Morgan fingerprint density at radius 2 is 1.90 bits per heavy atom. The first-order chi connectivity index (χ1) is 4.62. The van der Waals surface area contributed by atoms with Gasteiger partial charge in [-0.1, -0.05) is 0 Å². The lowest BCUT2D eigenvalue weighted by atomic mass is 10.1. The predicted molar refractivity (Wildman–Crippen MR) is 35.2 cm³/mol. The van der Waals surface area contributed by atoms with E-state index in [1.165, 1.54) is 12.2 Å². The molecule has 0 aromatic heterocycles. The lowest BCUT2D eigenvalue weighted by Crippen LogP contribution is -2.20.